The fourth-order valence-corrected chi connectivity index (χ4v) is 5.38. The van der Waals surface area contributed by atoms with Gasteiger partial charge in [-0.05, 0) is 12.8 Å². The maximum absolute atomic E-state index is 12.5. The second kappa shape index (κ2) is 18.6. The third-order valence-corrected chi connectivity index (χ3v) is 8.03. The Morgan fingerprint density at radius 1 is 0.973 bits per heavy atom. The largest absolute Gasteiger partial charge is 0.475 e. The number of nitrogens with one attached hydrogen (secondary N) is 1. The minimum absolute atomic E-state index is 0.249. The quantitative estimate of drug-likeness (QED) is 0.136. The second-order valence-electron chi connectivity index (χ2n) is 10.8. The molecule has 1 aromatic heterocycles. The van der Waals surface area contributed by atoms with Gasteiger partial charge in [0.15, 0.2) is 0 Å². The molecule has 2 atom stereocenters. The van der Waals surface area contributed by atoms with Crippen LogP contribution in [0.15, 0.2) is 6.08 Å². The minimum Gasteiger partial charge on any atom is -0.475 e. The number of hydrogen-bond donors (Lipinski definition) is 1. The first-order chi connectivity index (χ1) is 18.0. The van der Waals surface area contributed by atoms with Crippen LogP contribution in [0.5, 0.6) is 5.88 Å². The van der Waals surface area contributed by atoms with Crippen LogP contribution in [0.1, 0.15) is 123 Å². The number of hydrogen-bond acceptors (Lipinski definition) is 6. The van der Waals surface area contributed by atoms with Gasteiger partial charge in [0.1, 0.15) is 12.2 Å². The van der Waals surface area contributed by atoms with Crippen molar-refractivity contribution in [3.05, 3.63) is 11.8 Å². The average molecular weight is 538 g/mol. The van der Waals surface area contributed by atoms with Crippen molar-refractivity contribution in [3.63, 3.8) is 0 Å². The molecule has 1 amide bonds. The van der Waals surface area contributed by atoms with Gasteiger partial charge in [-0.2, -0.15) is 4.37 Å². The first-order valence-electron chi connectivity index (χ1n) is 14.9. The predicted octanol–water partition coefficient (Wildman–Crippen LogP) is 7.72. The molecule has 37 heavy (non-hydrogen) atoms. The lowest BCUT2D eigenvalue weighted by molar-refractivity contribution is -0.944. The molecule has 0 saturated heterocycles. The van der Waals surface area contributed by atoms with Gasteiger partial charge in [-0.25, -0.2) is 4.79 Å². The van der Waals surface area contributed by atoms with E-state index in [2.05, 4.69) is 41.0 Å². The van der Waals surface area contributed by atoms with Crippen LogP contribution in [0.2, 0.25) is 0 Å². The van der Waals surface area contributed by atoms with Crippen molar-refractivity contribution in [1.29, 1.82) is 0 Å². The van der Waals surface area contributed by atoms with Crippen molar-refractivity contribution in [2.75, 3.05) is 33.3 Å². The van der Waals surface area contributed by atoms with Crippen molar-refractivity contribution in [3.8, 4) is 5.88 Å². The molecule has 0 aromatic carbocycles. The van der Waals surface area contributed by atoms with Gasteiger partial charge in [-0.3, -0.25) is 4.48 Å². The highest BCUT2D eigenvalue weighted by Gasteiger charge is 2.36. The summed E-state index contributed by atoms with van der Waals surface area (Å²) in [6, 6.07) is 0. The van der Waals surface area contributed by atoms with Crippen LogP contribution in [0.3, 0.4) is 0 Å². The van der Waals surface area contributed by atoms with Gasteiger partial charge in [0.05, 0.1) is 31.9 Å². The average Bonchev–Trinajstić information content (AvgIpc) is 3.36. The molecule has 7 nitrogen and oxygen atoms in total. The number of alkyl carbamates (subject to hydrolysis) is 1. The number of carbonyl (C=O) groups is 1. The lowest BCUT2D eigenvalue weighted by atomic mass is 10.0. The van der Waals surface area contributed by atoms with Crippen molar-refractivity contribution in [1.82, 2.24) is 14.1 Å². The van der Waals surface area contributed by atoms with E-state index in [4.69, 9.17) is 9.47 Å². The van der Waals surface area contributed by atoms with Gasteiger partial charge >= 0.3 is 6.09 Å². The molecule has 0 aliphatic carbocycles. The standard InChI is InChI=1S/C29H52N4O3S/c1-5-7-9-11-12-13-14-15-16-17-21-30-29(34)36-25(3)33(4)22-19-20-26(24-33)27-28(32-37-31-27)35-23-18-10-8-6-2/h20,25H,5-19,21-24H2,1-4H3/p+1. The number of quaternary nitrogens is 1. The summed E-state index contributed by atoms with van der Waals surface area (Å²) in [5.41, 5.74) is 1.98. The Kier molecular flexibility index (Phi) is 15.8. The zero-order valence-corrected chi connectivity index (χ0v) is 24.9. The van der Waals surface area contributed by atoms with Crippen LogP contribution in [-0.2, 0) is 4.74 Å². The normalized spacial score (nSPS) is 18.3. The van der Waals surface area contributed by atoms with Gasteiger partial charge in [0.2, 0.25) is 6.23 Å². The summed E-state index contributed by atoms with van der Waals surface area (Å²) in [6.07, 6.45) is 20.1. The van der Waals surface area contributed by atoms with Gasteiger partial charge < -0.3 is 14.8 Å². The van der Waals surface area contributed by atoms with Gasteiger partial charge in [-0.15, -0.1) is 4.37 Å². The molecular formula is C29H53N4O3S+. The zero-order chi connectivity index (χ0) is 26.8. The van der Waals surface area contributed by atoms with E-state index in [0.29, 0.717) is 23.5 Å². The zero-order valence-electron chi connectivity index (χ0n) is 24.1. The number of nitrogens with zero attached hydrogens (tertiary/aromatic N) is 3. The van der Waals surface area contributed by atoms with E-state index < -0.39 is 0 Å². The summed E-state index contributed by atoms with van der Waals surface area (Å²) in [6.45, 7) is 9.48. The van der Waals surface area contributed by atoms with E-state index in [1.165, 1.54) is 82.4 Å². The van der Waals surface area contributed by atoms with E-state index in [-0.39, 0.29) is 12.3 Å². The molecule has 1 N–H and O–H groups in total. The highest BCUT2D eigenvalue weighted by Crippen LogP contribution is 2.31. The maximum atomic E-state index is 12.5. The predicted molar refractivity (Wildman–Crippen MR) is 154 cm³/mol. The SMILES string of the molecule is CCCCCCCCCCCCNC(=O)OC(C)[N+]1(C)CCC=C(c2nsnc2OCCCCCC)C1. The van der Waals surface area contributed by atoms with Crippen LogP contribution in [0.4, 0.5) is 4.79 Å². The maximum Gasteiger partial charge on any atom is 0.411 e. The smallest absolute Gasteiger partial charge is 0.411 e. The summed E-state index contributed by atoms with van der Waals surface area (Å²) in [7, 11) is 2.15. The Bertz CT molecular complexity index is 785. The molecule has 0 fully saturated rings. The Morgan fingerprint density at radius 2 is 1.59 bits per heavy atom. The molecule has 0 bridgehead atoms. The fraction of sp³-hybridized carbons (Fsp3) is 0.828. The highest BCUT2D eigenvalue weighted by atomic mass is 32.1. The molecule has 2 heterocycles. The van der Waals surface area contributed by atoms with Crippen molar-refractivity contribution in [2.45, 2.75) is 123 Å². The lowest BCUT2D eigenvalue weighted by Crippen LogP contribution is -2.56. The van der Waals surface area contributed by atoms with Gasteiger partial charge in [0, 0.05) is 25.5 Å². The summed E-state index contributed by atoms with van der Waals surface area (Å²) >= 11 is 1.20. The fourth-order valence-electron chi connectivity index (χ4n) is 4.84. The molecule has 0 spiro atoms. The molecule has 212 valence electrons. The van der Waals surface area contributed by atoms with Crippen LogP contribution < -0.4 is 10.1 Å². The minimum atomic E-state index is -0.315. The number of unbranched alkanes of at least 4 members (excludes halogenated alkanes) is 12. The van der Waals surface area contributed by atoms with E-state index in [1.54, 1.807) is 0 Å². The molecule has 2 unspecified atom stereocenters. The monoisotopic (exact) mass is 537 g/mol. The van der Waals surface area contributed by atoms with Gasteiger partial charge in [0.25, 0.3) is 5.88 Å². The van der Waals surface area contributed by atoms with Crippen molar-refractivity contribution >= 4 is 23.4 Å². The topological polar surface area (TPSA) is 73.3 Å². The molecule has 1 aromatic rings. The Balaban J connectivity index is 1.67. The Morgan fingerprint density at radius 3 is 2.27 bits per heavy atom. The third-order valence-electron chi connectivity index (χ3n) is 7.52. The molecule has 8 heteroatoms. The van der Waals surface area contributed by atoms with Crippen LogP contribution in [0.25, 0.3) is 5.57 Å². The van der Waals surface area contributed by atoms with E-state index in [9.17, 15) is 4.79 Å². The van der Waals surface area contributed by atoms with Crippen LogP contribution in [0, 0.1) is 0 Å². The number of aromatic nitrogens is 2. The molecule has 2 rings (SSSR count). The Hall–Kier alpha value is -1.67. The summed E-state index contributed by atoms with van der Waals surface area (Å²) in [5.74, 6) is 0.643. The third kappa shape index (κ3) is 12.2. The highest BCUT2D eigenvalue weighted by molar-refractivity contribution is 6.99. The van der Waals surface area contributed by atoms with Crippen LogP contribution in [-0.4, -0.2) is 58.8 Å². The number of likely N-dealkylation sites (N-methyl/N-ethyl adjacent to an activating group) is 1. The molecule has 1 aliphatic heterocycles. The molecule has 0 saturated carbocycles. The van der Waals surface area contributed by atoms with Crippen molar-refractivity contribution in [2.24, 2.45) is 0 Å². The summed E-state index contributed by atoms with van der Waals surface area (Å²) in [4.78, 5) is 12.5. The van der Waals surface area contributed by atoms with Gasteiger partial charge in [-0.1, -0.05) is 97.0 Å². The Labute approximate surface area is 230 Å². The van der Waals surface area contributed by atoms with E-state index in [1.807, 2.05) is 6.92 Å². The summed E-state index contributed by atoms with van der Waals surface area (Å²) < 4.78 is 21.3. The summed E-state index contributed by atoms with van der Waals surface area (Å²) in [5, 5.41) is 2.95. The lowest BCUT2D eigenvalue weighted by Gasteiger charge is -2.41. The van der Waals surface area contributed by atoms with Crippen LogP contribution >= 0.6 is 11.7 Å². The number of carbonyl (C=O) groups excluding carboxylic acids is 1. The number of ether oxygens (including phenoxy) is 2. The number of rotatable bonds is 20. The number of amides is 1. The van der Waals surface area contributed by atoms with E-state index in [0.717, 1.165) is 50.0 Å². The second-order valence-corrected chi connectivity index (χ2v) is 11.3. The molecular weight excluding hydrogens is 484 g/mol. The molecule has 1 aliphatic rings. The van der Waals surface area contributed by atoms with Crippen molar-refractivity contribution < 1.29 is 18.8 Å². The first-order valence-corrected chi connectivity index (χ1v) is 15.7. The van der Waals surface area contributed by atoms with E-state index >= 15 is 0 Å². The first kappa shape index (κ1) is 31.5. The molecule has 0 radical (unpaired) electrons.